The molecule has 2 aliphatic carbocycles. The molecule has 0 saturated heterocycles. The lowest BCUT2D eigenvalue weighted by Crippen LogP contribution is -2.23. The average molecular weight is 563 g/mol. The minimum atomic E-state index is 0.419. The number of hydrogen-bond acceptors (Lipinski definition) is 8. The highest BCUT2D eigenvalue weighted by molar-refractivity contribution is 8.42. The third-order valence-electron chi connectivity index (χ3n) is 5.92. The highest BCUT2D eigenvalue weighted by Gasteiger charge is 2.41. The molecule has 2 unspecified atom stereocenters. The molecule has 1 aromatic rings. The Kier molecular flexibility index (Phi) is 6.21. The van der Waals surface area contributed by atoms with Crippen LogP contribution in [0.25, 0.3) is 11.1 Å². The van der Waals surface area contributed by atoms with Crippen LogP contribution in [-0.4, -0.2) is 23.0 Å². The van der Waals surface area contributed by atoms with E-state index in [1.54, 1.807) is 11.1 Å². The number of allylic oxidation sites excluding steroid dienone is 6. The second kappa shape index (κ2) is 9.16. The Morgan fingerprint density at radius 2 is 0.875 bits per heavy atom. The normalized spacial score (nSPS) is 28.9. The Balaban J connectivity index is 1.38. The molecule has 0 aromatic heterocycles. The summed E-state index contributed by atoms with van der Waals surface area (Å²) in [5.74, 6) is 5.80. The van der Waals surface area contributed by atoms with Crippen LogP contribution < -0.4 is 0 Å². The molecule has 0 bridgehead atoms. The summed E-state index contributed by atoms with van der Waals surface area (Å²) >= 11 is 16.4. The molecule has 0 amide bonds. The maximum absolute atomic E-state index is 2.46. The van der Waals surface area contributed by atoms with Crippen molar-refractivity contribution in [3.05, 3.63) is 85.1 Å². The van der Waals surface area contributed by atoms with Gasteiger partial charge in [0.15, 0.2) is 0 Å². The summed E-state index contributed by atoms with van der Waals surface area (Å²) < 4.78 is 9.17. The number of fused-ring (bicyclic) bond motifs is 2. The average Bonchev–Trinajstić information content (AvgIpc) is 3.46. The van der Waals surface area contributed by atoms with Gasteiger partial charge >= 0.3 is 0 Å². The quantitative estimate of drug-likeness (QED) is 0.303. The zero-order valence-corrected chi connectivity index (χ0v) is 23.4. The minimum absolute atomic E-state index is 0.419. The lowest BCUT2D eigenvalue weighted by Gasteiger charge is -2.37. The van der Waals surface area contributed by atoms with Crippen LogP contribution in [0.3, 0.4) is 0 Å². The van der Waals surface area contributed by atoms with E-state index in [0.717, 1.165) is 0 Å². The predicted molar refractivity (Wildman–Crippen MR) is 160 cm³/mol. The lowest BCUT2D eigenvalue weighted by atomic mass is 9.69. The summed E-state index contributed by atoms with van der Waals surface area (Å²) in [4.78, 5) is 0. The molecule has 32 heavy (non-hydrogen) atoms. The molecule has 0 saturated carbocycles. The van der Waals surface area contributed by atoms with Crippen molar-refractivity contribution in [3.8, 4) is 0 Å². The van der Waals surface area contributed by atoms with Gasteiger partial charge in [0.25, 0.3) is 0 Å². The van der Waals surface area contributed by atoms with Gasteiger partial charge in [-0.2, -0.15) is 0 Å². The highest BCUT2D eigenvalue weighted by atomic mass is 32.3. The van der Waals surface area contributed by atoms with Crippen LogP contribution in [0.15, 0.2) is 74.0 Å². The summed E-state index contributed by atoms with van der Waals surface area (Å²) in [5.41, 5.74) is 6.01. The summed E-state index contributed by atoms with van der Waals surface area (Å²) in [6.07, 6.45) is 9.46. The van der Waals surface area contributed by atoms with Gasteiger partial charge in [-0.15, -0.1) is 47.0 Å². The second-order valence-electron chi connectivity index (χ2n) is 7.72. The number of rotatable bonds is 0. The Morgan fingerprint density at radius 1 is 0.500 bits per heavy atom. The molecule has 0 spiro atoms. The first kappa shape index (κ1) is 21.7. The van der Waals surface area contributed by atoms with E-state index >= 15 is 0 Å². The smallest absolute Gasteiger partial charge is 0.0660 e. The highest BCUT2D eigenvalue weighted by Crippen LogP contribution is 2.66. The summed E-state index contributed by atoms with van der Waals surface area (Å²) in [6.45, 7) is 0. The van der Waals surface area contributed by atoms with Gasteiger partial charge in [-0.3, -0.25) is 0 Å². The maximum Gasteiger partial charge on any atom is 0.0660 e. The Labute approximate surface area is 223 Å². The van der Waals surface area contributed by atoms with E-state index in [4.69, 9.17) is 0 Å². The van der Waals surface area contributed by atoms with E-state index in [9.17, 15) is 0 Å². The number of thioether (sulfide) groups is 8. The monoisotopic (exact) mass is 562 g/mol. The van der Waals surface area contributed by atoms with Gasteiger partial charge in [0.2, 0.25) is 0 Å². The van der Waals surface area contributed by atoms with E-state index in [0.29, 0.717) is 11.8 Å². The van der Waals surface area contributed by atoms with Crippen molar-refractivity contribution in [2.45, 2.75) is 0 Å². The van der Waals surface area contributed by atoms with Gasteiger partial charge in [0.1, 0.15) is 0 Å². The molecule has 4 aliphatic heterocycles. The van der Waals surface area contributed by atoms with Crippen LogP contribution in [0.1, 0.15) is 11.1 Å². The fraction of sp³-hybridized carbons (Fsp3) is 0.250. The van der Waals surface area contributed by atoms with E-state index in [1.807, 2.05) is 47.0 Å². The molecule has 8 heteroatoms. The largest absolute Gasteiger partial charge is 0.116 e. The Hall–Kier alpha value is 0.460. The first-order valence-electron chi connectivity index (χ1n) is 10.5. The van der Waals surface area contributed by atoms with Crippen LogP contribution in [0, 0.1) is 11.8 Å². The van der Waals surface area contributed by atoms with E-state index in [2.05, 4.69) is 95.6 Å². The van der Waals surface area contributed by atoms with Crippen molar-refractivity contribution in [2.24, 2.45) is 11.8 Å². The zero-order chi connectivity index (χ0) is 21.1. The Morgan fingerprint density at radius 3 is 1.25 bits per heavy atom. The van der Waals surface area contributed by atoms with Crippen molar-refractivity contribution in [1.82, 2.24) is 0 Å². The van der Waals surface area contributed by atoms with Crippen LogP contribution in [0.5, 0.6) is 0 Å². The molecule has 2 atom stereocenters. The molecular weight excluding hydrogens is 545 g/mol. The van der Waals surface area contributed by atoms with Gasteiger partial charge in [-0.25, -0.2) is 0 Å². The molecular formula is C24H18S8. The molecule has 0 N–H and O–H groups in total. The van der Waals surface area contributed by atoms with Crippen molar-refractivity contribution >= 4 is 105 Å². The first-order chi connectivity index (χ1) is 15.9. The summed E-state index contributed by atoms with van der Waals surface area (Å²) in [6, 6.07) is 9.21. The molecule has 7 rings (SSSR count). The number of benzene rings is 1. The summed E-state index contributed by atoms with van der Waals surface area (Å²) in [7, 11) is 0. The lowest BCUT2D eigenvalue weighted by molar-refractivity contribution is 0.689. The molecule has 162 valence electrons. The third-order valence-corrected chi connectivity index (χ3v) is 17.6. The first-order valence-corrected chi connectivity index (χ1v) is 17.7. The van der Waals surface area contributed by atoms with Gasteiger partial charge < -0.3 is 0 Å². The van der Waals surface area contributed by atoms with Crippen LogP contribution in [0.2, 0.25) is 0 Å². The van der Waals surface area contributed by atoms with E-state index < -0.39 is 0 Å². The van der Waals surface area contributed by atoms with Crippen molar-refractivity contribution < 1.29 is 0 Å². The minimum Gasteiger partial charge on any atom is -0.116 e. The fourth-order valence-corrected chi connectivity index (χ4v) is 16.9. The topological polar surface area (TPSA) is 0 Å². The van der Waals surface area contributed by atoms with Crippen molar-refractivity contribution in [1.29, 1.82) is 0 Å². The van der Waals surface area contributed by atoms with Gasteiger partial charge in [0, 0.05) is 34.8 Å². The molecule has 1 aromatic carbocycles. The van der Waals surface area contributed by atoms with Crippen molar-refractivity contribution in [2.75, 3.05) is 23.0 Å². The molecule has 6 aliphatic rings. The summed E-state index contributed by atoms with van der Waals surface area (Å²) in [5, 5.41) is 0. The van der Waals surface area contributed by atoms with Crippen LogP contribution in [0.4, 0.5) is 0 Å². The standard InChI is InChI=1S/C24H18S8/c1-2-6-14-13(5-1)17(19-29-21-22(30-19)26-10-9-25-21)15-7-3-4-8-16(15)18(14)20-31-23-24(32-20)28-12-11-27-23/h1-8,13-14H,9-12H2. The van der Waals surface area contributed by atoms with Crippen molar-refractivity contribution in [3.63, 3.8) is 0 Å². The van der Waals surface area contributed by atoms with Gasteiger partial charge in [-0.05, 0) is 22.3 Å². The molecule has 4 heterocycles. The van der Waals surface area contributed by atoms with Crippen LogP contribution in [-0.2, 0) is 0 Å². The van der Waals surface area contributed by atoms with Crippen LogP contribution >= 0.6 is 94.1 Å². The second-order valence-corrected chi connectivity index (χ2v) is 17.8. The van der Waals surface area contributed by atoms with E-state index in [1.165, 1.54) is 59.6 Å². The fourth-order valence-electron chi connectivity index (χ4n) is 4.62. The van der Waals surface area contributed by atoms with Gasteiger partial charge in [-0.1, -0.05) is 95.6 Å². The molecule has 0 fully saturated rings. The zero-order valence-electron chi connectivity index (χ0n) is 16.9. The maximum atomic E-state index is 2.46. The molecule has 0 radical (unpaired) electrons. The third kappa shape index (κ3) is 3.71. The SMILES string of the molecule is C1=CC2C(=C3SC4=C(SCCS4)S3)c3ccccc3C(=C3SC4=C(SCCS4)S3)C2C=C1. The Bertz CT molecular complexity index is 1070. The predicted octanol–water partition coefficient (Wildman–Crippen LogP) is 9.57. The number of hydrogen-bond donors (Lipinski definition) is 0. The molecule has 0 nitrogen and oxygen atoms in total. The van der Waals surface area contributed by atoms with E-state index in [-0.39, 0.29) is 0 Å². The van der Waals surface area contributed by atoms with Gasteiger partial charge in [0.05, 0.1) is 25.4 Å².